The molecule has 0 heterocycles. The Bertz CT molecular complexity index is 532. The zero-order valence-electron chi connectivity index (χ0n) is 11.8. The van der Waals surface area contributed by atoms with Crippen LogP contribution in [0.5, 0.6) is 0 Å². The summed E-state index contributed by atoms with van der Waals surface area (Å²) in [6, 6.07) is 19.9. The lowest BCUT2D eigenvalue weighted by Gasteiger charge is -2.24. The Labute approximate surface area is 120 Å². The fourth-order valence-corrected chi connectivity index (χ4v) is 2.06. The summed E-state index contributed by atoms with van der Waals surface area (Å²) in [6.07, 6.45) is 4.14. The third-order valence-electron chi connectivity index (χ3n) is 3.24. The molecule has 0 amide bonds. The summed E-state index contributed by atoms with van der Waals surface area (Å²) >= 11 is 0. The fraction of sp³-hybridized carbons (Fsp3) is 0.222. The predicted octanol–water partition coefficient (Wildman–Crippen LogP) is 3.20. The second kappa shape index (κ2) is 7.04. The summed E-state index contributed by atoms with van der Waals surface area (Å²) in [6.45, 7) is 3.09. The lowest BCUT2D eigenvalue weighted by Crippen LogP contribution is -2.35. The summed E-state index contributed by atoms with van der Waals surface area (Å²) in [5, 5.41) is 13.7. The Kier molecular flexibility index (Phi) is 5.10. The van der Waals surface area contributed by atoms with E-state index in [9.17, 15) is 5.11 Å². The number of rotatable bonds is 6. The Hall–Kier alpha value is -1.90. The van der Waals surface area contributed by atoms with Crippen LogP contribution in [0.2, 0.25) is 0 Å². The maximum Gasteiger partial charge on any atom is 0.0992 e. The minimum absolute atomic E-state index is 0.524. The Morgan fingerprint density at radius 3 is 2.25 bits per heavy atom. The lowest BCUT2D eigenvalue weighted by molar-refractivity contribution is 0.0581. The fourth-order valence-electron chi connectivity index (χ4n) is 2.06. The van der Waals surface area contributed by atoms with E-state index in [1.54, 1.807) is 0 Å². The quantitative estimate of drug-likeness (QED) is 0.788. The van der Waals surface area contributed by atoms with Crippen molar-refractivity contribution in [1.82, 2.24) is 5.32 Å². The van der Waals surface area contributed by atoms with E-state index in [-0.39, 0.29) is 0 Å². The van der Waals surface area contributed by atoms with Crippen LogP contribution < -0.4 is 5.32 Å². The lowest BCUT2D eigenvalue weighted by atomic mass is 9.96. The first-order valence-corrected chi connectivity index (χ1v) is 6.89. The van der Waals surface area contributed by atoms with Crippen molar-refractivity contribution in [2.24, 2.45) is 0 Å². The molecule has 2 aromatic carbocycles. The summed E-state index contributed by atoms with van der Waals surface area (Å²) in [5.74, 6) is 0. The standard InChI is InChI=1S/C18H21NO/c1-18(20,17-12-6-3-7-13-17)15-19-14-8-11-16-9-4-2-5-10-16/h2-13,19-20H,14-15H2,1H3. The summed E-state index contributed by atoms with van der Waals surface area (Å²) in [7, 11) is 0. The molecule has 0 saturated heterocycles. The van der Waals surface area contributed by atoms with Crippen LogP contribution in [0.3, 0.4) is 0 Å². The number of aliphatic hydroxyl groups is 1. The van der Waals surface area contributed by atoms with Crippen molar-refractivity contribution >= 4 is 6.08 Å². The van der Waals surface area contributed by atoms with Gasteiger partial charge in [0.25, 0.3) is 0 Å². The molecule has 2 nitrogen and oxygen atoms in total. The van der Waals surface area contributed by atoms with Crippen LogP contribution in [-0.4, -0.2) is 18.2 Å². The van der Waals surface area contributed by atoms with E-state index < -0.39 is 5.60 Å². The molecular formula is C18H21NO. The minimum atomic E-state index is -0.845. The van der Waals surface area contributed by atoms with Crippen molar-refractivity contribution in [2.45, 2.75) is 12.5 Å². The molecule has 20 heavy (non-hydrogen) atoms. The normalized spacial score (nSPS) is 14.3. The number of hydrogen-bond donors (Lipinski definition) is 2. The van der Waals surface area contributed by atoms with Crippen LogP contribution >= 0.6 is 0 Å². The van der Waals surface area contributed by atoms with Gasteiger partial charge in [-0.2, -0.15) is 0 Å². The highest BCUT2D eigenvalue weighted by molar-refractivity contribution is 5.48. The Morgan fingerprint density at radius 2 is 1.60 bits per heavy atom. The molecule has 2 aromatic rings. The van der Waals surface area contributed by atoms with Crippen LogP contribution in [0.15, 0.2) is 66.7 Å². The van der Waals surface area contributed by atoms with Gasteiger partial charge in [-0.3, -0.25) is 0 Å². The van der Waals surface area contributed by atoms with E-state index in [0.717, 1.165) is 12.1 Å². The van der Waals surface area contributed by atoms with Crippen molar-refractivity contribution in [3.63, 3.8) is 0 Å². The van der Waals surface area contributed by atoms with Gasteiger partial charge in [0.15, 0.2) is 0 Å². The second-order valence-electron chi connectivity index (χ2n) is 5.08. The van der Waals surface area contributed by atoms with Gasteiger partial charge in [-0.05, 0) is 18.1 Å². The third kappa shape index (κ3) is 4.34. The van der Waals surface area contributed by atoms with Gasteiger partial charge in [-0.1, -0.05) is 72.8 Å². The van der Waals surface area contributed by atoms with Gasteiger partial charge in [0.05, 0.1) is 5.60 Å². The number of nitrogens with one attached hydrogen (secondary N) is 1. The van der Waals surface area contributed by atoms with Gasteiger partial charge in [-0.25, -0.2) is 0 Å². The van der Waals surface area contributed by atoms with E-state index in [1.807, 2.05) is 55.5 Å². The van der Waals surface area contributed by atoms with E-state index in [2.05, 4.69) is 29.6 Å². The zero-order chi connectivity index (χ0) is 14.3. The van der Waals surface area contributed by atoms with Gasteiger partial charge in [0.2, 0.25) is 0 Å². The van der Waals surface area contributed by atoms with Gasteiger partial charge in [0.1, 0.15) is 0 Å². The Balaban J connectivity index is 1.80. The molecule has 0 bridgehead atoms. The molecule has 0 fully saturated rings. The minimum Gasteiger partial charge on any atom is -0.384 e. The first-order chi connectivity index (χ1) is 9.68. The number of hydrogen-bond acceptors (Lipinski definition) is 2. The van der Waals surface area contributed by atoms with Crippen LogP contribution in [0.1, 0.15) is 18.1 Å². The van der Waals surface area contributed by atoms with Crippen molar-refractivity contribution in [2.75, 3.05) is 13.1 Å². The average Bonchev–Trinajstić information content (AvgIpc) is 2.49. The summed E-state index contributed by atoms with van der Waals surface area (Å²) in [4.78, 5) is 0. The molecule has 0 aliphatic carbocycles. The van der Waals surface area contributed by atoms with Crippen molar-refractivity contribution < 1.29 is 5.11 Å². The van der Waals surface area contributed by atoms with E-state index in [1.165, 1.54) is 5.56 Å². The average molecular weight is 267 g/mol. The molecule has 0 radical (unpaired) electrons. The molecule has 2 rings (SSSR count). The van der Waals surface area contributed by atoms with E-state index in [4.69, 9.17) is 0 Å². The molecule has 1 atom stereocenters. The highest BCUT2D eigenvalue weighted by atomic mass is 16.3. The van der Waals surface area contributed by atoms with Gasteiger partial charge in [-0.15, -0.1) is 0 Å². The summed E-state index contributed by atoms with van der Waals surface area (Å²) in [5.41, 5.74) is 1.27. The molecular weight excluding hydrogens is 246 g/mol. The molecule has 2 heteroatoms. The molecule has 0 spiro atoms. The Morgan fingerprint density at radius 1 is 1.00 bits per heavy atom. The van der Waals surface area contributed by atoms with Crippen molar-refractivity contribution in [3.8, 4) is 0 Å². The van der Waals surface area contributed by atoms with Gasteiger partial charge >= 0.3 is 0 Å². The summed E-state index contributed by atoms with van der Waals surface area (Å²) < 4.78 is 0. The highest BCUT2D eigenvalue weighted by Gasteiger charge is 2.21. The van der Waals surface area contributed by atoms with Crippen LogP contribution in [0.4, 0.5) is 0 Å². The topological polar surface area (TPSA) is 32.3 Å². The molecule has 0 aliphatic rings. The molecule has 104 valence electrons. The molecule has 2 N–H and O–H groups in total. The molecule has 0 saturated carbocycles. The van der Waals surface area contributed by atoms with Crippen LogP contribution in [0, 0.1) is 0 Å². The zero-order valence-corrected chi connectivity index (χ0v) is 11.8. The van der Waals surface area contributed by atoms with E-state index >= 15 is 0 Å². The van der Waals surface area contributed by atoms with Crippen molar-refractivity contribution in [1.29, 1.82) is 0 Å². The SMILES string of the molecule is CC(O)(CNCC=Cc1ccccc1)c1ccccc1. The highest BCUT2D eigenvalue weighted by Crippen LogP contribution is 2.18. The smallest absolute Gasteiger partial charge is 0.0992 e. The van der Waals surface area contributed by atoms with Gasteiger partial charge < -0.3 is 10.4 Å². The van der Waals surface area contributed by atoms with Crippen molar-refractivity contribution in [3.05, 3.63) is 77.9 Å². The molecule has 0 aromatic heterocycles. The first-order valence-electron chi connectivity index (χ1n) is 6.89. The first kappa shape index (κ1) is 14.5. The largest absolute Gasteiger partial charge is 0.384 e. The van der Waals surface area contributed by atoms with Gasteiger partial charge in [0, 0.05) is 13.1 Å². The second-order valence-corrected chi connectivity index (χ2v) is 5.08. The number of benzene rings is 2. The molecule has 1 unspecified atom stereocenters. The molecule has 0 aliphatic heterocycles. The maximum absolute atomic E-state index is 10.4. The third-order valence-corrected chi connectivity index (χ3v) is 3.24. The van der Waals surface area contributed by atoms with Crippen LogP contribution in [0.25, 0.3) is 6.08 Å². The monoisotopic (exact) mass is 267 g/mol. The van der Waals surface area contributed by atoms with Crippen LogP contribution in [-0.2, 0) is 5.60 Å². The van der Waals surface area contributed by atoms with E-state index in [0.29, 0.717) is 6.54 Å². The maximum atomic E-state index is 10.4. The predicted molar refractivity (Wildman–Crippen MR) is 84.4 cm³/mol.